The van der Waals surface area contributed by atoms with Crippen LogP contribution in [0, 0.1) is 17.0 Å². The molecular formula is C33H32Cl2N4O7S. The first-order chi connectivity index (χ1) is 22.3. The molecule has 246 valence electrons. The van der Waals surface area contributed by atoms with E-state index in [1.165, 1.54) is 62.4 Å². The van der Waals surface area contributed by atoms with E-state index in [9.17, 15) is 28.1 Å². The molecule has 0 aliphatic heterocycles. The van der Waals surface area contributed by atoms with Gasteiger partial charge in [-0.15, -0.1) is 0 Å². The summed E-state index contributed by atoms with van der Waals surface area (Å²) < 4.78 is 34.5. The maximum absolute atomic E-state index is 14.4. The Morgan fingerprint density at radius 3 is 2.21 bits per heavy atom. The number of nitro groups is 1. The topological polar surface area (TPSA) is 139 Å². The van der Waals surface area contributed by atoms with Crippen LogP contribution in [0.4, 0.5) is 11.4 Å². The molecule has 11 nitrogen and oxygen atoms in total. The zero-order chi connectivity index (χ0) is 34.3. The third-order valence-electron chi connectivity index (χ3n) is 7.46. The zero-order valence-corrected chi connectivity index (χ0v) is 28.1. The van der Waals surface area contributed by atoms with Gasteiger partial charge in [0.05, 0.1) is 32.7 Å². The molecule has 0 saturated heterocycles. The van der Waals surface area contributed by atoms with E-state index in [4.69, 9.17) is 27.9 Å². The molecule has 4 aromatic carbocycles. The molecule has 0 aliphatic rings. The van der Waals surface area contributed by atoms with Crippen LogP contribution in [-0.4, -0.2) is 56.8 Å². The molecule has 0 aliphatic carbocycles. The number of sulfonamides is 1. The first-order valence-electron chi connectivity index (χ1n) is 14.3. The summed E-state index contributed by atoms with van der Waals surface area (Å²) in [4.78, 5) is 39.7. The zero-order valence-electron chi connectivity index (χ0n) is 25.7. The first kappa shape index (κ1) is 35.2. The molecule has 0 heterocycles. The number of anilines is 1. The van der Waals surface area contributed by atoms with Crippen molar-refractivity contribution in [3.63, 3.8) is 0 Å². The van der Waals surface area contributed by atoms with Crippen LogP contribution in [0.3, 0.4) is 0 Å². The van der Waals surface area contributed by atoms with Gasteiger partial charge in [-0.1, -0.05) is 65.7 Å². The summed E-state index contributed by atoms with van der Waals surface area (Å²) in [5.41, 5.74) is 1.28. The number of nitro benzene ring substituents is 1. The molecule has 1 atom stereocenters. The van der Waals surface area contributed by atoms with Crippen molar-refractivity contribution in [1.82, 2.24) is 10.2 Å². The van der Waals surface area contributed by atoms with Gasteiger partial charge in [0, 0.05) is 31.6 Å². The lowest BCUT2D eigenvalue weighted by molar-refractivity contribution is -0.385. The minimum absolute atomic E-state index is 0.0939. The van der Waals surface area contributed by atoms with Crippen molar-refractivity contribution in [1.29, 1.82) is 0 Å². The molecule has 47 heavy (non-hydrogen) atoms. The molecule has 0 bridgehead atoms. The maximum Gasteiger partial charge on any atom is 0.273 e. The van der Waals surface area contributed by atoms with Gasteiger partial charge in [0.2, 0.25) is 11.8 Å². The fourth-order valence-corrected chi connectivity index (χ4v) is 6.66. The molecule has 0 aromatic heterocycles. The summed E-state index contributed by atoms with van der Waals surface area (Å²) in [6.07, 6.45) is 0.118. The van der Waals surface area contributed by atoms with E-state index in [0.29, 0.717) is 16.3 Å². The van der Waals surface area contributed by atoms with Gasteiger partial charge >= 0.3 is 0 Å². The molecule has 0 unspecified atom stereocenters. The number of hydrogen-bond donors (Lipinski definition) is 1. The lowest BCUT2D eigenvalue weighted by atomic mass is 10.0. The van der Waals surface area contributed by atoms with E-state index in [1.807, 2.05) is 18.2 Å². The Morgan fingerprint density at radius 2 is 1.62 bits per heavy atom. The van der Waals surface area contributed by atoms with E-state index in [0.717, 1.165) is 15.9 Å². The number of methoxy groups -OCH3 is 1. The predicted molar refractivity (Wildman–Crippen MR) is 180 cm³/mol. The van der Waals surface area contributed by atoms with Crippen molar-refractivity contribution in [2.45, 2.75) is 30.8 Å². The SMILES string of the molecule is CNC(=O)[C@H](Cc1ccccc1)N(Cc1ccc(Cl)c(Cl)c1)C(=O)CN(c1ccc(OC)cc1)S(=O)(=O)c1ccc(C)c([N+](=O)[O-])c1. The summed E-state index contributed by atoms with van der Waals surface area (Å²) in [5.74, 6) is -0.760. The second-order valence-corrected chi connectivity index (χ2v) is 13.2. The summed E-state index contributed by atoms with van der Waals surface area (Å²) in [6, 6.07) is 22.3. The minimum atomic E-state index is -4.57. The number of halogens is 2. The second kappa shape index (κ2) is 15.3. The van der Waals surface area contributed by atoms with Crippen LogP contribution >= 0.6 is 23.2 Å². The van der Waals surface area contributed by atoms with Gasteiger partial charge < -0.3 is 15.0 Å². The van der Waals surface area contributed by atoms with Gasteiger partial charge in [-0.25, -0.2) is 8.42 Å². The molecule has 0 spiro atoms. The minimum Gasteiger partial charge on any atom is -0.497 e. The number of hydrogen-bond acceptors (Lipinski definition) is 7. The molecule has 1 N–H and O–H groups in total. The molecule has 4 rings (SSSR count). The van der Waals surface area contributed by atoms with E-state index in [-0.39, 0.29) is 34.1 Å². The average Bonchev–Trinajstić information content (AvgIpc) is 3.06. The molecule has 0 saturated carbocycles. The van der Waals surface area contributed by atoms with Gasteiger partial charge in [-0.05, 0) is 60.5 Å². The van der Waals surface area contributed by atoms with Crippen LogP contribution in [-0.2, 0) is 32.6 Å². The van der Waals surface area contributed by atoms with E-state index in [2.05, 4.69) is 5.32 Å². The van der Waals surface area contributed by atoms with Gasteiger partial charge in [-0.3, -0.25) is 24.0 Å². The van der Waals surface area contributed by atoms with Crippen molar-refractivity contribution < 1.29 is 27.7 Å². The van der Waals surface area contributed by atoms with E-state index < -0.39 is 45.0 Å². The highest BCUT2D eigenvalue weighted by Crippen LogP contribution is 2.30. The Labute approximate surface area is 282 Å². The lowest BCUT2D eigenvalue weighted by Crippen LogP contribution is -2.53. The van der Waals surface area contributed by atoms with E-state index >= 15 is 0 Å². The Bertz CT molecular complexity index is 1870. The number of benzene rings is 4. The first-order valence-corrected chi connectivity index (χ1v) is 16.5. The van der Waals surface area contributed by atoms with E-state index in [1.54, 1.807) is 30.3 Å². The summed E-state index contributed by atoms with van der Waals surface area (Å²) in [7, 11) is -1.67. The Balaban J connectivity index is 1.84. The number of carbonyl (C=O) groups is 2. The third kappa shape index (κ3) is 8.39. The monoisotopic (exact) mass is 698 g/mol. The van der Waals surface area contributed by atoms with Crippen LogP contribution in [0.2, 0.25) is 10.0 Å². The standard InChI is InChI=1S/C33H32Cl2N4O7S/c1-22-9-15-27(19-30(22)39(42)43)47(44,45)38(25-11-13-26(46-3)14-12-25)21-32(40)37(20-24-10-16-28(34)29(35)17-24)31(33(41)36-2)18-23-7-5-4-6-8-23/h4-17,19,31H,18,20-21H2,1-3H3,(H,36,41)/t31-/m0/s1. The highest BCUT2D eigenvalue weighted by atomic mass is 35.5. The number of amides is 2. The number of rotatable bonds is 13. The predicted octanol–water partition coefficient (Wildman–Crippen LogP) is 5.80. The molecule has 0 fully saturated rings. The highest BCUT2D eigenvalue weighted by molar-refractivity contribution is 7.92. The Hall–Kier alpha value is -4.65. The lowest BCUT2D eigenvalue weighted by Gasteiger charge is -2.33. The molecular weight excluding hydrogens is 667 g/mol. The van der Waals surface area contributed by atoms with Gasteiger partial charge in [0.1, 0.15) is 18.3 Å². The van der Waals surface area contributed by atoms with Crippen molar-refractivity contribution in [3.8, 4) is 5.75 Å². The number of carbonyl (C=O) groups excluding carboxylic acids is 2. The third-order valence-corrected chi connectivity index (χ3v) is 9.97. The van der Waals surface area contributed by atoms with Crippen LogP contribution in [0.15, 0.2) is 95.9 Å². The van der Waals surface area contributed by atoms with Crippen molar-refractivity contribution in [2.75, 3.05) is 25.0 Å². The second-order valence-electron chi connectivity index (χ2n) is 10.5. The quantitative estimate of drug-likeness (QED) is 0.138. The Morgan fingerprint density at radius 1 is 0.936 bits per heavy atom. The number of aryl methyl sites for hydroxylation is 1. The van der Waals surface area contributed by atoms with Crippen molar-refractivity contribution in [3.05, 3.63) is 128 Å². The number of ether oxygens (including phenoxy) is 1. The average molecular weight is 700 g/mol. The normalized spacial score (nSPS) is 11.8. The Kier molecular flexibility index (Phi) is 11.5. The fourth-order valence-electron chi connectivity index (χ4n) is 4.91. The molecule has 4 aromatic rings. The smallest absolute Gasteiger partial charge is 0.273 e. The summed E-state index contributed by atoms with van der Waals surface area (Å²) in [6.45, 7) is 0.624. The van der Waals surface area contributed by atoms with Crippen molar-refractivity contribution >= 4 is 56.4 Å². The molecule has 0 radical (unpaired) electrons. The van der Waals surface area contributed by atoms with Gasteiger partial charge in [0.15, 0.2) is 0 Å². The number of nitrogens with zero attached hydrogens (tertiary/aromatic N) is 3. The summed E-state index contributed by atoms with van der Waals surface area (Å²) >= 11 is 12.4. The largest absolute Gasteiger partial charge is 0.497 e. The summed E-state index contributed by atoms with van der Waals surface area (Å²) in [5, 5.41) is 14.8. The number of nitrogens with one attached hydrogen (secondary N) is 1. The highest BCUT2D eigenvalue weighted by Gasteiger charge is 2.35. The molecule has 2 amide bonds. The van der Waals surface area contributed by atoms with Crippen molar-refractivity contribution in [2.24, 2.45) is 0 Å². The van der Waals surface area contributed by atoms with Gasteiger partial charge in [-0.2, -0.15) is 0 Å². The fraction of sp³-hybridized carbons (Fsp3) is 0.212. The maximum atomic E-state index is 14.4. The number of likely N-dealkylation sites (N-methyl/N-ethyl adjacent to an activating group) is 1. The van der Waals surface area contributed by atoms with Crippen LogP contribution in [0.25, 0.3) is 0 Å². The van der Waals surface area contributed by atoms with Crippen LogP contribution in [0.5, 0.6) is 5.75 Å². The molecule has 14 heteroatoms. The van der Waals surface area contributed by atoms with Crippen LogP contribution < -0.4 is 14.4 Å². The van der Waals surface area contributed by atoms with Crippen LogP contribution in [0.1, 0.15) is 16.7 Å². The van der Waals surface area contributed by atoms with Gasteiger partial charge in [0.25, 0.3) is 15.7 Å².